The second kappa shape index (κ2) is 8.39. The second-order valence-electron chi connectivity index (χ2n) is 7.13. The van der Waals surface area contributed by atoms with Crippen molar-refractivity contribution in [2.75, 3.05) is 23.3 Å². The molecule has 0 aliphatic carbocycles. The van der Waals surface area contributed by atoms with E-state index in [0.717, 1.165) is 24.1 Å². The van der Waals surface area contributed by atoms with Crippen LogP contribution in [0, 0.1) is 5.82 Å². The molecule has 3 aromatic carbocycles. The fraction of sp³-hybridized carbons (Fsp3) is 0.174. The number of carbonyl (C=O) groups excluding carboxylic acids is 1. The Balaban J connectivity index is 1.66. The van der Waals surface area contributed by atoms with Crippen molar-refractivity contribution < 1.29 is 22.3 Å². The zero-order valence-corrected chi connectivity index (χ0v) is 17.7. The Bertz CT molecular complexity index is 1230. The number of methoxy groups -OCH3 is 1. The van der Waals surface area contributed by atoms with Crippen LogP contribution < -0.4 is 14.4 Å². The molecule has 0 spiro atoms. The van der Waals surface area contributed by atoms with Gasteiger partial charge < -0.3 is 10.1 Å². The topological polar surface area (TPSA) is 75.7 Å². The first-order valence-electron chi connectivity index (χ1n) is 9.76. The highest BCUT2D eigenvalue weighted by Crippen LogP contribution is 2.34. The predicted octanol–water partition coefficient (Wildman–Crippen LogP) is 4.23. The van der Waals surface area contributed by atoms with Crippen molar-refractivity contribution in [1.82, 2.24) is 0 Å². The van der Waals surface area contributed by atoms with Gasteiger partial charge in [0.15, 0.2) is 0 Å². The van der Waals surface area contributed by atoms with E-state index < -0.39 is 15.8 Å². The van der Waals surface area contributed by atoms with Gasteiger partial charge in [-0.3, -0.25) is 9.10 Å². The number of aryl methyl sites for hydroxylation is 1. The van der Waals surface area contributed by atoms with Crippen LogP contribution in [0.4, 0.5) is 15.8 Å². The zero-order valence-electron chi connectivity index (χ0n) is 16.8. The van der Waals surface area contributed by atoms with E-state index in [9.17, 15) is 17.6 Å². The van der Waals surface area contributed by atoms with Crippen LogP contribution in [0.25, 0.3) is 0 Å². The number of hydrogen-bond donors (Lipinski definition) is 1. The molecule has 0 saturated carbocycles. The van der Waals surface area contributed by atoms with Crippen LogP contribution in [-0.4, -0.2) is 28.0 Å². The number of carbonyl (C=O) groups is 1. The number of ether oxygens (including phenoxy) is 1. The molecule has 8 heteroatoms. The van der Waals surface area contributed by atoms with Crippen molar-refractivity contribution in [3.8, 4) is 5.75 Å². The van der Waals surface area contributed by atoms with Crippen LogP contribution in [0.1, 0.15) is 22.3 Å². The molecule has 3 aromatic rings. The standard InChI is InChI=1S/C23H21FN2O4S/c1-30-22-7-3-2-6-20(22)23(27)25-18-11-8-16-5-4-14-26(21(16)15-18)31(28,29)19-12-9-17(24)10-13-19/h2-3,6-13,15H,4-5,14H2,1H3,(H,25,27). The van der Waals surface area contributed by atoms with E-state index in [1.54, 1.807) is 36.4 Å². The Hall–Kier alpha value is -3.39. The highest BCUT2D eigenvalue weighted by Gasteiger charge is 2.29. The lowest BCUT2D eigenvalue weighted by Gasteiger charge is -2.31. The van der Waals surface area contributed by atoms with Crippen molar-refractivity contribution in [3.05, 3.63) is 83.7 Å². The average Bonchev–Trinajstić information content (AvgIpc) is 2.78. The van der Waals surface area contributed by atoms with Crippen molar-refractivity contribution in [2.45, 2.75) is 17.7 Å². The molecular formula is C23H21FN2O4S. The smallest absolute Gasteiger partial charge is 0.264 e. The number of benzene rings is 3. The first-order chi connectivity index (χ1) is 14.9. The summed E-state index contributed by atoms with van der Waals surface area (Å²) in [4.78, 5) is 12.8. The molecule has 0 atom stereocenters. The Morgan fingerprint density at radius 2 is 1.81 bits per heavy atom. The van der Waals surface area contributed by atoms with Crippen molar-refractivity contribution in [3.63, 3.8) is 0 Å². The summed E-state index contributed by atoms with van der Waals surface area (Å²) >= 11 is 0. The Morgan fingerprint density at radius 1 is 1.06 bits per heavy atom. The fourth-order valence-electron chi connectivity index (χ4n) is 3.63. The minimum Gasteiger partial charge on any atom is -0.496 e. The Morgan fingerprint density at radius 3 is 2.55 bits per heavy atom. The van der Waals surface area contributed by atoms with Crippen LogP contribution >= 0.6 is 0 Å². The molecular weight excluding hydrogens is 419 g/mol. The van der Waals surface area contributed by atoms with E-state index >= 15 is 0 Å². The van der Waals surface area contributed by atoms with E-state index in [1.165, 1.54) is 23.5 Å². The number of rotatable bonds is 5. The monoisotopic (exact) mass is 440 g/mol. The number of sulfonamides is 1. The maximum absolute atomic E-state index is 13.3. The van der Waals surface area contributed by atoms with E-state index in [-0.39, 0.29) is 10.8 Å². The van der Waals surface area contributed by atoms with E-state index in [1.807, 2.05) is 6.07 Å². The van der Waals surface area contributed by atoms with E-state index in [2.05, 4.69) is 5.32 Å². The summed E-state index contributed by atoms with van der Waals surface area (Å²) in [6, 6.07) is 16.8. The number of para-hydroxylation sites is 1. The molecule has 6 nitrogen and oxygen atoms in total. The minimum absolute atomic E-state index is 0.0187. The third-order valence-corrected chi connectivity index (χ3v) is 7.00. The number of halogens is 1. The summed E-state index contributed by atoms with van der Waals surface area (Å²) in [5.74, 6) is -0.418. The predicted molar refractivity (Wildman–Crippen MR) is 117 cm³/mol. The normalized spacial score (nSPS) is 13.4. The molecule has 0 fully saturated rings. The molecule has 0 bridgehead atoms. The first kappa shape index (κ1) is 20.9. The van der Waals surface area contributed by atoms with Gasteiger partial charge >= 0.3 is 0 Å². The van der Waals surface area contributed by atoms with E-state index in [4.69, 9.17) is 4.74 Å². The van der Waals surface area contributed by atoms with Gasteiger partial charge in [-0.2, -0.15) is 0 Å². The third-order valence-electron chi connectivity index (χ3n) is 5.17. The average molecular weight is 440 g/mol. The molecule has 0 radical (unpaired) electrons. The van der Waals surface area contributed by atoms with Gasteiger partial charge in [-0.1, -0.05) is 18.2 Å². The molecule has 1 amide bonds. The summed E-state index contributed by atoms with van der Waals surface area (Å²) in [6.07, 6.45) is 1.39. The summed E-state index contributed by atoms with van der Waals surface area (Å²) in [7, 11) is -2.38. The number of nitrogens with one attached hydrogen (secondary N) is 1. The second-order valence-corrected chi connectivity index (χ2v) is 8.99. The van der Waals surface area contributed by atoms with Gasteiger partial charge in [0.05, 0.1) is 23.3 Å². The van der Waals surface area contributed by atoms with Crippen molar-refractivity contribution in [1.29, 1.82) is 0 Å². The number of nitrogens with zero attached hydrogens (tertiary/aromatic N) is 1. The molecule has 0 saturated heterocycles. The molecule has 4 rings (SSSR count). The summed E-state index contributed by atoms with van der Waals surface area (Å²) < 4.78 is 46.2. The van der Waals surface area contributed by atoms with Gasteiger partial charge in [-0.15, -0.1) is 0 Å². The number of amides is 1. The summed E-state index contributed by atoms with van der Waals surface area (Å²) in [5.41, 5.74) is 2.22. The molecule has 1 aliphatic heterocycles. The minimum atomic E-state index is -3.87. The molecule has 1 N–H and O–H groups in total. The lowest BCUT2D eigenvalue weighted by Crippen LogP contribution is -2.35. The highest BCUT2D eigenvalue weighted by molar-refractivity contribution is 7.92. The lowest BCUT2D eigenvalue weighted by atomic mass is 10.0. The first-order valence-corrected chi connectivity index (χ1v) is 11.2. The maximum atomic E-state index is 13.3. The quantitative estimate of drug-likeness (QED) is 0.644. The van der Waals surface area contributed by atoms with Gasteiger partial charge in [-0.05, 0) is 66.9 Å². The molecule has 0 aromatic heterocycles. The van der Waals surface area contributed by atoms with Gasteiger partial charge in [0, 0.05) is 12.2 Å². The molecule has 1 heterocycles. The zero-order chi connectivity index (χ0) is 22.0. The Labute approximate surface area is 180 Å². The van der Waals surface area contributed by atoms with E-state index in [0.29, 0.717) is 35.7 Å². The molecule has 1 aliphatic rings. The van der Waals surface area contributed by atoms with Gasteiger partial charge in [0.25, 0.3) is 15.9 Å². The largest absolute Gasteiger partial charge is 0.496 e. The van der Waals surface area contributed by atoms with Crippen LogP contribution in [0.3, 0.4) is 0 Å². The summed E-state index contributed by atoms with van der Waals surface area (Å²) in [6.45, 7) is 0.302. The molecule has 160 valence electrons. The van der Waals surface area contributed by atoms with Gasteiger partial charge in [0.1, 0.15) is 11.6 Å². The SMILES string of the molecule is COc1ccccc1C(=O)Nc1ccc2c(c1)N(S(=O)(=O)c1ccc(F)cc1)CCC2. The van der Waals surface area contributed by atoms with Crippen LogP contribution in [0.2, 0.25) is 0 Å². The number of fused-ring (bicyclic) bond motifs is 1. The van der Waals surface area contributed by atoms with Crippen molar-refractivity contribution in [2.24, 2.45) is 0 Å². The van der Waals surface area contributed by atoms with Crippen LogP contribution in [0.15, 0.2) is 71.6 Å². The van der Waals surface area contributed by atoms with Crippen LogP contribution in [-0.2, 0) is 16.4 Å². The molecule has 0 unspecified atom stereocenters. The van der Waals surface area contributed by atoms with Crippen LogP contribution in [0.5, 0.6) is 5.75 Å². The lowest BCUT2D eigenvalue weighted by molar-refractivity contribution is 0.102. The highest BCUT2D eigenvalue weighted by atomic mass is 32.2. The third kappa shape index (κ3) is 4.11. The molecule has 31 heavy (non-hydrogen) atoms. The Kier molecular flexibility index (Phi) is 5.65. The fourth-order valence-corrected chi connectivity index (χ4v) is 5.17. The summed E-state index contributed by atoms with van der Waals surface area (Å²) in [5, 5.41) is 2.81. The van der Waals surface area contributed by atoms with Crippen molar-refractivity contribution >= 4 is 27.3 Å². The number of hydrogen-bond acceptors (Lipinski definition) is 4. The van der Waals surface area contributed by atoms with Gasteiger partial charge in [0.2, 0.25) is 0 Å². The van der Waals surface area contributed by atoms with Gasteiger partial charge in [-0.25, -0.2) is 12.8 Å². The number of anilines is 2. The maximum Gasteiger partial charge on any atom is 0.264 e.